The Hall–Kier alpha value is -1.09. The van der Waals surface area contributed by atoms with Gasteiger partial charge in [-0.15, -0.1) is 0 Å². The Bertz CT molecular complexity index is 243. The normalized spacial score (nSPS) is 18.4. The van der Waals surface area contributed by atoms with Gasteiger partial charge in [0.2, 0.25) is 0 Å². The molecule has 2 atom stereocenters. The Labute approximate surface area is 85.1 Å². The van der Waals surface area contributed by atoms with E-state index in [1.54, 1.807) is 32.1 Å². The number of rotatable bonds is 4. The zero-order valence-corrected chi connectivity index (χ0v) is 9.15. The summed E-state index contributed by atoms with van der Waals surface area (Å²) >= 11 is 0. The van der Waals surface area contributed by atoms with Crippen LogP contribution < -0.4 is 0 Å². The number of hydrogen-bond acceptors (Lipinski definition) is 3. The quantitative estimate of drug-likeness (QED) is 0.552. The number of aliphatic hydroxyl groups is 1. The summed E-state index contributed by atoms with van der Waals surface area (Å²) in [5.74, 6) is -0.947. The molecule has 0 amide bonds. The van der Waals surface area contributed by atoms with E-state index in [4.69, 9.17) is 0 Å². The molecule has 0 aliphatic carbocycles. The highest BCUT2D eigenvalue weighted by molar-refractivity contribution is 5.82. The largest absolute Gasteiger partial charge is 0.467 e. The second-order valence-electron chi connectivity index (χ2n) is 3.13. The van der Waals surface area contributed by atoms with Crippen molar-refractivity contribution in [3.8, 4) is 0 Å². The predicted octanol–water partition coefficient (Wildman–Crippen LogP) is 1.68. The van der Waals surface area contributed by atoms with Crippen molar-refractivity contribution in [3.63, 3.8) is 0 Å². The third-order valence-corrected chi connectivity index (χ3v) is 2.11. The molecule has 80 valence electrons. The van der Waals surface area contributed by atoms with Gasteiger partial charge in [-0.25, -0.2) is 4.79 Å². The Kier molecular flexibility index (Phi) is 5.16. The molecule has 0 aromatic heterocycles. The molecule has 0 aliphatic rings. The molecule has 1 N–H and O–H groups in total. The SMILES string of the molecule is C/C=C/[C@@H](C)[C@](O)(/C=C/C)C(=O)OC. The first-order valence-corrected chi connectivity index (χ1v) is 4.60. The molecule has 0 bridgehead atoms. The standard InChI is InChI=1S/C11H18O3/c1-5-7-9(3)11(13,8-6-2)10(12)14-4/h5-9,13H,1-4H3/b7-5+,8-6+/t9-,11-/m1/s1. The molecular formula is C11H18O3. The fraction of sp³-hybridized carbons (Fsp3) is 0.545. The molecule has 0 fully saturated rings. The van der Waals surface area contributed by atoms with E-state index in [2.05, 4.69) is 4.74 Å². The van der Waals surface area contributed by atoms with Crippen LogP contribution in [0.1, 0.15) is 20.8 Å². The zero-order valence-electron chi connectivity index (χ0n) is 9.15. The Morgan fingerprint density at radius 3 is 2.36 bits per heavy atom. The molecule has 3 heteroatoms. The maximum Gasteiger partial charge on any atom is 0.342 e. The van der Waals surface area contributed by atoms with E-state index < -0.39 is 11.6 Å². The Morgan fingerprint density at radius 1 is 1.43 bits per heavy atom. The average Bonchev–Trinajstić information content (AvgIpc) is 2.17. The van der Waals surface area contributed by atoms with Crippen LogP contribution in [0.5, 0.6) is 0 Å². The summed E-state index contributed by atoms with van der Waals surface area (Å²) in [6.45, 7) is 5.34. The Morgan fingerprint density at radius 2 is 2.00 bits per heavy atom. The second-order valence-corrected chi connectivity index (χ2v) is 3.13. The van der Waals surface area contributed by atoms with Crippen molar-refractivity contribution in [2.75, 3.05) is 7.11 Å². The molecule has 0 saturated heterocycles. The van der Waals surface area contributed by atoms with E-state index in [0.29, 0.717) is 0 Å². The molecule has 0 saturated carbocycles. The highest BCUT2D eigenvalue weighted by atomic mass is 16.5. The van der Waals surface area contributed by atoms with Gasteiger partial charge in [-0.05, 0) is 19.9 Å². The number of hydrogen-bond donors (Lipinski definition) is 1. The lowest BCUT2D eigenvalue weighted by molar-refractivity contribution is -0.160. The van der Waals surface area contributed by atoms with Crippen molar-refractivity contribution in [1.29, 1.82) is 0 Å². The smallest absolute Gasteiger partial charge is 0.342 e. The van der Waals surface area contributed by atoms with Gasteiger partial charge in [0.1, 0.15) is 0 Å². The predicted molar refractivity (Wildman–Crippen MR) is 55.8 cm³/mol. The second kappa shape index (κ2) is 5.60. The van der Waals surface area contributed by atoms with Crippen LogP contribution in [0.2, 0.25) is 0 Å². The van der Waals surface area contributed by atoms with Crippen LogP contribution in [0, 0.1) is 5.92 Å². The van der Waals surface area contributed by atoms with Crippen LogP contribution in [0.15, 0.2) is 24.3 Å². The van der Waals surface area contributed by atoms with Gasteiger partial charge in [-0.1, -0.05) is 25.2 Å². The molecular weight excluding hydrogens is 180 g/mol. The van der Waals surface area contributed by atoms with Crippen molar-refractivity contribution >= 4 is 5.97 Å². The topological polar surface area (TPSA) is 46.5 Å². The third kappa shape index (κ3) is 2.70. The minimum absolute atomic E-state index is 0.309. The lowest BCUT2D eigenvalue weighted by Gasteiger charge is -2.26. The van der Waals surface area contributed by atoms with Gasteiger partial charge in [0.25, 0.3) is 0 Å². The first-order chi connectivity index (χ1) is 6.52. The van der Waals surface area contributed by atoms with Gasteiger partial charge in [-0.2, -0.15) is 0 Å². The number of carbonyl (C=O) groups excluding carboxylic acids is 1. The van der Waals surface area contributed by atoms with Crippen molar-refractivity contribution in [2.24, 2.45) is 5.92 Å². The molecule has 0 spiro atoms. The number of methoxy groups -OCH3 is 1. The van der Waals surface area contributed by atoms with E-state index >= 15 is 0 Å². The number of ether oxygens (including phenoxy) is 1. The summed E-state index contributed by atoms with van der Waals surface area (Å²) in [6, 6.07) is 0. The summed E-state index contributed by atoms with van der Waals surface area (Å²) in [5.41, 5.74) is -1.56. The lowest BCUT2D eigenvalue weighted by Crippen LogP contribution is -2.43. The fourth-order valence-corrected chi connectivity index (χ4v) is 1.26. The van der Waals surface area contributed by atoms with Crippen LogP contribution in [0.25, 0.3) is 0 Å². The maximum atomic E-state index is 11.4. The highest BCUT2D eigenvalue weighted by Gasteiger charge is 2.38. The van der Waals surface area contributed by atoms with Crippen molar-refractivity contribution in [1.82, 2.24) is 0 Å². The maximum absolute atomic E-state index is 11.4. The average molecular weight is 198 g/mol. The minimum atomic E-state index is -1.56. The minimum Gasteiger partial charge on any atom is -0.467 e. The lowest BCUT2D eigenvalue weighted by atomic mass is 9.88. The summed E-state index contributed by atoms with van der Waals surface area (Å²) in [7, 11) is 1.26. The van der Waals surface area contributed by atoms with E-state index in [1.807, 2.05) is 6.92 Å². The monoisotopic (exact) mass is 198 g/mol. The van der Waals surface area contributed by atoms with Gasteiger partial charge >= 0.3 is 5.97 Å². The zero-order chi connectivity index (χ0) is 11.2. The summed E-state index contributed by atoms with van der Waals surface area (Å²) < 4.78 is 4.56. The Balaban J connectivity index is 4.97. The molecule has 0 aromatic rings. The number of carbonyl (C=O) groups is 1. The first kappa shape index (κ1) is 12.9. The first-order valence-electron chi connectivity index (χ1n) is 4.60. The highest BCUT2D eigenvalue weighted by Crippen LogP contribution is 2.22. The molecule has 0 heterocycles. The number of esters is 1. The summed E-state index contributed by atoms with van der Waals surface area (Å²) in [6.07, 6.45) is 6.64. The van der Waals surface area contributed by atoms with E-state index in [0.717, 1.165) is 0 Å². The van der Waals surface area contributed by atoms with Gasteiger partial charge in [0, 0.05) is 5.92 Å². The van der Waals surface area contributed by atoms with Gasteiger partial charge in [0.15, 0.2) is 5.60 Å². The van der Waals surface area contributed by atoms with Crippen LogP contribution in [-0.4, -0.2) is 23.8 Å². The summed E-state index contributed by atoms with van der Waals surface area (Å²) in [5, 5.41) is 10.1. The molecule has 0 unspecified atom stereocenters. The van der Waals surface area contributed by atoms with Crippen LogP contribution >= 0.6 is 0 Å². The third-order valence-electron chi connectivity index (χ3n) is 2.11. The van der Waals surface area contributed by atoms with Gasteiger partial charge in [-0.3, -0.25) is 0 Å². The van der Waals surface area contributed by atoms with Crippen LogP contribution in [0.3, 0.4) is 0 Å². The van der Waals surface area contributed by atoms with Crippen molar-refractivity contribution in [3.05, 3.63) is 24.3 Å². The molecule has 0 aliphatic heterocycles. The fourth-order valence-electron chi connectivity index (χ4n) is 1.26. The van der Waals surface area contributed by atoms with E-state index in [1.165, 1.54) is 13.2 Å². The van der Waals surface area contributed by atoms with E-state index in [9.17, 15) is 9.90 Å². The van der Waals surface area contributed by atoms with Gasteiger partial charge < -0.3 is 9.84 Å². The van der Waals surface area contributed by atoms with Crippen molar-refractivity contribution in [2.45, 2.75) is 26.4 Å². The van der Waals surface area contributed by atoms with Gasteiger partial charge in [0.05, 0.1) is 7.11 Å². The molecule has 14 heavy (non-hydrogen) atoms. The van der Waals surface area contributed by atoms with E-state index in [-0.39, 0.29) is 5.92 Å². The molecule has 0 aromatic carbocycles. The number of allylic oxidation sites excluding steroid dienone is 2. The molecule has 3 nitrogen and oxygen atoms in total. The van der Waals surface area contributed by atoms with Crippen LogP contribution in [0.4, 0.5) is 0 Å². The molecule has 0 rings (SSSR count). The van der Waals surface area contributed by atoms with Crippen molar-refractivity contribution < 1.29 is 14.6 Å². The summed E-state index contributed by atoms with van der Waals surface area (Å²) in [4.78, 5) is 11.4. The molecule has 0 radical (unpaired) electrons. The van der Waals surface area contributed by atoms with Crippen LogP contribution in [-0.2, 0) is 9.53 Å².